The molecular formula is C14H11BrN2O3. The number of aryl methyl sites for hydroxylation is 1. The molecule has 1 aromatic heterocycles. The van der Waals surface area contributed by atoms with Crippen LogP contribution in [-0.2, 0) is 0 Å². The van der Waals surface area contributed by atoms with Gasteiger partial charge >= 0.3 is 5.97 Å². The van der Waals surface area contributed by atoms with Crippen molar-refractivity contribution in [3.05, 3.63) is 57.8 Å². The van der Waals surface area contributed by atoms with E-state index in [1.807, 2.05) is 6.92 Å². The standard InChI is InChI=1S/C14H11BrN2O3/c1-8-5-6-9(7-16-8)13(18)17-12-10(14(19)20)3-2-4-11(12)15/h2-7H,1H3,(H,17,18)(H,19,20). The van der Waals surface area contributed by atoms with Gasteiger partial charge in [-0.15, -0.1) is 0 Å². The lowest BCUT2D eigenvalue weighted by Crippen LogP contribution is -2.15. The molecule has 1 aromatic carbocycles. The topological polar surface area (TPSA) is 79.3 Å². The molecule has 2 aromatic rings. The molecule has 0 radical (unpaired) electrons. The number of aromatic carboxylic acids is 1. The number of pyridine rings is 1. The smallest absolute Gasteiger partial charge is 0.337 e. The van der Waals surface area contributed by atoms with Crippen LogP contribution in [0.25, 0.3) is 0 Å². The third kappa shape index (κ3) is 3.03. The zero-order valence-electron chi connectivity index (χ0n) is 10.6. The van der Waals surface area contributed by atoms with Crippen LogP contribution in [0.15, 0.2) is 41.0 Å². The summed E-state index contributed by atoms with van der Waals surface area (Å²) in [4.78, 5) is 27.3. The molecule has 0 atom stereocenters. The van der Waals surface area contributed by atoms with Gasteiger partial charge in [0, 0.05) is 16.4 Å². The molecule has 2 N–H and O–H groups in total. The van der Waals surface area contributed by atoms with Crippen molar-refractivity contribution in [3.8, 4) is 0 Å². The van der Waals surface area contributed by atoms with Crippen LogP contribution in [0, 0.1) is 6.92 Å². The predicted octanol–water partition coefficient (Wildman–Crippen LogP) is 3.10. The number of aromatic nitrogens is 1. The maximum atomic E-state index is 12.1. The first-order valence-electron chi connectivity index (χ1n) is 5.75. The lowest BCUT2D eigenvalue weighted by molar-refractivity contribution is 0.0698. The number of para-hydroxylation sites is 1. The Morgan fingerprint density at radius 2 is 2.00 bits per heavy atom. The molecule has 2 rings (SSSR count). The van der Waals surface area contributed by atoms with Crippen LogP contribution in [0.5, 0.6) is 0 Å². The van der Waals surface area contributed by atoms with E-state index < -0.39 is 11.9 Å². The van der Waals surface area contributed by atoms with E-state index in [9.17, 15) is 9.59 Å². The van der Waals surface area contributed by atoms with Gasteiger partial charge in [0.15, 0.2) is 0 Å². The zero-order chi connectivity index (χ0) is 14.7. The minimum atomic E-state index is -1.11. The van der Waals surface area contributed by atoms with E-state index in [-0.39, 0.29) is 11.3 Å². The third-order valence-electron chi connectivity index (χ3n) is 2.66. The fourth-order valence-electron chi connectivity index (χ4n) is 1.62. The van der Waals surface area contributed by atoms with E-state index >= 15 is 0 Å². The van der Waals surface area contributed by atoms with Crippen LogP contribution in [-0.4, -0.2) is 22.0 Å². The molecule has 0 saturated heterocycles. The Morgan fingerprint density at radius 3 is 2.60 bits per heavy atom. The molecule has 0 fully saturated rings. The number of amides is 1. The first-order chi connectivity index (χ1) is 9.49. The van der Waals surface area contributed by atoms with Crippen LogP contribution in [0.4, 0.5) is 5.69 Å². The molecule has 20 heavy (non-hydrogen) atoms. The van der Waals surface area contributed by atoms with Crippen molar-refractivity contribution < 1.29 is 14.7 Å². The highest BCUT2D eigenvalue weighted by molar-refractivity contribution is 9.10. The Bertz CT molecular complexity index is 669. The molecule has 6 heteroatoms. The van der Waals surface area contributed by atoms with E-state index in [0.29, 0.717) is 10.0 Å². The molecule has 1 amide bonds. The Balaban J connectivity index is 2.32. The van der Waals surface area contributed by atoms with Crippen LogP contribution in [0.2, 0.25) is 0 Å². The monoisotopic (exact) mass is 334 g/mol. The Labute approximate surface area is 123 Å². The van der Waals surface area contributed by atoms with Gasteiger partial charge in [0.2, 0.25) is 0 Å². The SMILES string of the molecule is Cc1ccc(C(=O)Nc2c(Br)cccc2C(=O)O)cn1. The summed E-state index contributed by atoms with van der Waals surface area (Å²) in [5, 5.41) is 11.7. The molecule has 0 aliphatic heterocycles. The van der Waals surface area contributed by atoms with Gasteiger partial charge in [0.25, 0.3) is 5.91 Å². The average Bonchev–Trinajstić information content (AvgIpc) is 2.41. The van der Waals surface area contributed by atoms with Gasteiger partial charge in [-0.25, -0.2) is 4.79 Å². The van der Waals surface area contributed by atoms with Gasteiger partial charge in [-0.3, -0.25) is 9.78 Å². The van der Waals surface area contributed by atoms with Gasteiger partial charge in [-0.05, 0) is 47.1 Å². The van der Waals surface area contributed by atoms with E-state index in [1.165, 1.54) is 12.3 Å². The van der Waals surface area contributed by atoms with Gasteiger partial charge in [-0.1, -0.05) is 6.07 Å². The molecule has 102 valence electrons. The van der Waals surface area contributed by atoms with Gasteiger partial charge in [0.05, 0.1) is 16.8 Å². The third-order valence-corrected chi connectivity index (χ3v) is 3.32. The number of carbonyl (C=O) groups excluding carboxylic acids is 1. The highest BCUT2D eigenvalue weighted by Crippen LogP contribution is 2.27. The second kappa shape index (κ2) is 5.83. The van der Waals surface area contributed by atoms with Gasteiger partial charge in [-0.2, -0.15) is 0 Å². The highest BCUT2D eigenvalue weighted by atomic mass is 79.9. The second-order valence-corrected chi connectivity index (χ2v) is 4.96. The summed E-state index contributed by atoms with van der Waals surface area (Å²) in [5.74, 6) is -1.52. The second-order valence-electron chi connectivity index (χ2n) is 4.11. The minimum Gasteiger partial charge on any atom is -0.478 e. The number of carboxylic acids is 1. The van der Waals surface area contributed by atoms with Crippen molar-refractivity contribution in [2.45, 2.75) is 6.92 Å². The Kier molecular flexibility index (Phi) is 4.14. The van der Waals surface area contributed by atoms with Gasteiger partial charge < -0.3 is 10.4 Å². The minimum absolute atomic E-state index is 0.0211. The first-order valence-corrected chi connectivity index (χ1v) is 6.54. The molecule has 0 spiro atoms. The van der Waals surface area contributed by atoms with E-state index in [2.05, 4.69) is 26.2 Å². The van der Waals surface area contributed by atoms with Crippen molar-refractivity contribution in [2.24, 2.45) is 0 Å². The summed E-state index contributed by atoms with van der Waals surface area (Å²) < 4.78 is 0.505. The Hall–Kier alpha value is -2.21. The van der Waals surface area contributed by atoms with Gasteiger partial charge in [0.1, 0.15) is 0 Å². The van der Waals surface area contributed by atoms with Crippen molar-refractivity contribution in [1.82, 2.24) is 4.98 Å². The highest BCUT2D eigenvalue weighted by Gasteiger charge is 2.16. The average molecular weight is 335 g/mol. The maximum Gasteiger partial charge on any atom is 0.337 e. The number of hydrogen-bond donors (Lipinski definition) is 2. The fraction of sp³-hybridized carbons (Fsp3) is 0.0714. The summed E-state index contributed by atoms with van der Waals surface area (Å²) in [6, 6.07) is 8.03. The lowest BCUT2D eigenvalue weighted by Gasteiger charge is -2.10. The fourth-order valence-corrected chi connectivity index (χ4v) is 2.08. The number of carboxylic acid groups (broad SMARTS) is 1. The number of carbonyl (C=O) groups is 2. The van der Waals surface area contributed by atoms with Crippen LogP contribution in [0.3, 0.4) is 0 Å². The molecule has 1 heterocycles. The number of hydrogen-bond acceptors (Lipinski definition) is 3. The summed E-state index contributed by atoms with van der Waals surface area (Å²) in [6.45, 7) is 1.82. The molecule has 0 aliphatic carbocycles. The molecule has 5 nitrogen and oxygen atoms in total. The number of benzene rings is 1. The summed E-state index contributed by atoms with van der Waals surface area (Å²) >= 11 is 3.23. The predicted molar refractivity (Wildman–Crippen MR) is 78.0 cm³/mol. The van der Waals surface area contributed by atoms with E-state index in [1.54, 1.807) is 24.3 Å². The molecule has 0 bridgehead atoms. The van der Waals surface area contributed by atoms with Crippen LogP contribution in [0.1, 0.15) is 26.4 Å². The number of halogens is 1. The largest absolute Gasteiger partial charge is 0.478 e. The summed E-state index contributed by atoms with van der Waals surface area (Å²) in [6.07, 6.45) is 1.45. The lowest BCUT2D eigenvalue weighted by atomic mass is 10.1. The Morgan fingerprint density at radius 1 is 1.25 bits per heavy atom. The normalized spacial score (nSPS) is 10.1. The molecule has 0 aliphatic rings. The van der Waals surface area contributed by atoms with E-state index in [4.69, 9.17) is 5.11 Å². The van der Waals surface area contributed by atoms with Crippen LogP contribution < -0.4 is 5.32 Å². The summed E-state index contributed by atoms with van der Waals surface area (Å²) in [7, 11) is 0. The quantitative estimate of drug-likeness (QED) is 0.903. The number of nitrogens with one attached hydrogen (secondary N) is 1. The molecule has 0 saturated carbocycles. The molecule has 0 unspecified atom stereocenters. The van der Waals surface area contributed by atoms with Crippen LogP contribution >= 0.6 is 15.9 Å². The first kappa shape index (κ1) is 14.2. The summed E-state index contributed by atoms with van der Waals surface area (Å²) in [5.41, 5.74) is 1.41. The number of nitrogens with zero attached hydrogens (tertiary/aromatic N) is 1. The van der Waals surface area contributed by atoms with Crippen molar-refractivity contribution in [1.29, 1.82) is 0 Å². The van der Waals surface area contributed by atoms with E-state index in [0.717, 1.165) is 5.69 Å². The number of rotatable bonds is 3. The van der Waals surface area contributed by atoms with Crippen molar-refractivity contribution in [3.63, 3.8) is 0 Å². The number of anilines is 1. The zero-order valence-corrected chi connectivity index (χ0v) is 12.1. The maximum absolute atomic E-state index is 12.1. The van der Waals surface area contributed by atoms with Crippen molar-refractivity contribution in [2.75, 3.05) is 5.32 Å². The van der Waals surface area contributed by atoms with Crippen molar-refractivity contribution >= 4 is 33.5 Å². The molecular weight excluding hydrogens is 324 g/mol.